The van der Waals surface area contributed by atoms with E-state index in [4.69, 9.17) is 4.74 Å². The summed E-state index contributed by atoms with van der Waals surface area (Å²) in [5.74, 6) is 0.795. The quantitative estimate of drug-likeness (QED) is 0.545. The zero-order valence-corrected chi connectivity index (χ0v) is 18.6. The molecule has 0 aliphatic carbocycles. The molecule has 9 heteroatoms. The van der Waals surface area contributed by atoms with Gasteiger partial charge in [-0.15, -0.1) is 22.0 Å². The highest BCUT2D eigenvalue weighted by atomic mass is 32.2. The third kappa shape index (κ3) is 5.23. The Bertz CT molecular complexity index is 1060. The Morgan fingerprint density at radius 2 is 2.03 bits per heavy atom. The van der Waals surface area contributed by atoms with Crippen LogP contribution in [0.5, 0.6) is 5.75 Å². The molecule has 4 rings (SSSR count). The summed E-state index contributed by atoms with van der Waals surface area (Å²) in [6.07, 6.45) is 1.46. The smallest absolute Gasteiger partial charge is 0.249 e. The number of amides is 2. The number of nitrogens with zero attached hydrogens (tertiary/aromatic N) is 3. The first-order valence-electron chi connectivity index (χ1n) is 9.90. The van der Waals surface area contributed by atoms with Crippen LogP contribution in [-0.4, -0.2) is 52.4 Å². The van der Waals surface area contributed by atoms with Crippen LogP contribution in [0.2, 0.25) is 0 Å². The molecule has 0 bridgehead atoms. The summed E-state index contributed by atoms with van der Waals surface area (Å²) in [6.45, 7) is 0.595. The summed E-state index contributed by atoms with van der Waals surface area (Å²) >= 11 is 2.78. The van der Waals surface area contributed by atoms with Crippen molar-refractivity contribution < 1.29 is 14.3 Å². The maximum atomic E-state index is 12.9. The first kappa shape index (κ1) is 21.3. The lowest BCUT2D eigenvalue weighted by Gasteiger charge is -2.23. The number of likely N-dealkylation sites (tertiary alicyclic amines) is 1. The number of aromatic nitrogens is 2. The van der Waals surface area contributed by atoms with Crippen molar-refractivity contribution in [3.8, 4) is 16.3 Å². The van der Waals surface area contributed by atoms with Crippen molar-refractivity contribution in [3.63, 3.8) is 0 Å². The first-order valence-corrected chi connectivity index (χ1v) is 11.7. The lowest BCUT2D eigenvalue weighted by atomic mass is 10.2. The van der Waals surface area contributed by atoms with Crippen molar-refractivity contribution in [3.05, 3.63) is 54.6 Å². The third-order valence-electron chi connectivity index (χ3n) is 4.95. The zero-order chi connectivity index (χ0) is 21.6. The average Bonchev–Trinajstić information content (AvgIpc) is 3.48. The van der Waals surface area contributed by atoms with Gasteiger partial charge in [-0.3, -0.25) is 14.9 Å². The Morgan fingerprint density at radius 3 is 2.84 bits per heavy atom. The van der Waals surface area contributed by atoms with E-state index in [9.17, 15) is 9.59 Å². The molecule has 0 saturated carbocycles. The summed E-state index contributed by atoms with van der Waals surface area (Å²) in [4.78, 5) is 28.3. The minimum Gasteiger partial charge on any atom is -0.497 e. The second-order valence-corrected chi connectivity index (χ2v) is 9.01. The lowest BCUT2D eigenvalue weighted by Crippen LogP contribution is -2.43. The lowest BCUT2D eigenvalue weighted by molar-refractivity contribution is -0.134. The highest BCUT2D eigenvalue weighted by Crippen LogP contribution is 2.29. The zero-order valence-electron chi connectivity index (χ0n) is 17.0. The second kappa shape index (κ2) is 9.93. The molecule has 0 radical (unpaired) electrons. The van der Waals surface area contributed by atoms with Crippen LogP contribution in [0.15, 0.2) is 59.5 Å². The van der Waals surface area contributed by atoms with Gasteiger partial charge in [0.15, 0.2) is 0 Å². The van der Waals surface area contributed by atoms with E-state index in [0.717, 1.165) is 22.6 Å². The van der Waals surface area contributed by atoms with E-state index in [1.54, 1.807) is 12.0 Å². The Morgan fingerprint density at radius 1 is 1.19 bits per heavy atom. The number of ether oxygens (including phenoxy) is 1. The number of anilines is 1. The normalized spacial score (nSPS) is 15.6. The topological polar surface area (TPSA) is 84.4 Å². The molecule has 2 aromatic carbocycles. The van der Waals surface area contributed by atoms with Gasteiger partial charge in [0.2, 0.25) is 16.9 Å². The molecule has 1 N–H and O–H groups in total. The summed E-state index contributed by atoms with van der Waals surface area (Å²) in [5, 5.41) is 12.2. The maximum Gasteiger partial charge on any atom is 0.249 e. The second-order valence-electron chi connectivity index (χ2n) is 6.98. The highest BCUT2D eigenvalue weighted by molar-refractivity contribution is 8.00. The Kier molecular flexibility index (Phi) is 6.83. The minimum absolute atomic E-state index is 0.0270. The molecule has 1 unspecified atom stereocenters. The number of methoxy groups -OCH3 is 1. The number of benzene rings is 2. The van der Waals surface area contributed by atoms with Crippen molar-refractivity contribution >= 4 is 40.0 Å². The van der Waals surface area contributed by atoms with Crippen molar-refractivity contribution in [2.75, 3.05) is 24.7 Å². The minimum atomic E-state index is -0.479. The Balaban J connectivity index is 1.37. The molecule has 1 aliphatic rings. The van der Waals surface area contributed by atoms with Crippen LogP contribution in [0.25, 0.3) is 10.6 Å². The molecule has 0 spiro atoms. The van der Waals surface area contributed by atoms with Gasteiger partial charge in [-0.25, -0.2) is 0 Å². The third-order valence-corrected chi connectivity index (χ3v) is 6.84. The monoisotopic (exact) mass is 454 g/mol. The van der Waals surface area contributed by atoms with Gasteiger partial charge in [0, 0.05) is 17.0 Å². The van der Waals surface area contributed by atoms with E-state index in [0.29, 0.717) is 28.9 Å². The molecule has 3 aromatic rings. The standard InChI is InChI=1S/C22H22N4O3S2/c1-29-16-8-5-7-15(13-16)21-24-25-22(31-21)23-20(28)18-11-6-12-26(18)19(27)14-30-17-9-3-2-4-10-17/h2-5,7-10,13,18H,6,11-12,14H2,1H3,(H,23,25,28). The van der Waals surface area contributed by atoms with Crippen LogP contribution >= 0.6 is 23.1 Å². The molecule has 1 aromatic heterocycles. The van der Waals surface area contributed by atoms with Crippen LogP contribution in [0.3, 0.4) is 0 Å². The maximum absolute atomic E-state index is 12.9. The van der Waals surface area contributed by atoms with E-state index < -0.39 is 6.04 Å². The number of hydrogen-bond acceptors (Lipinski definition) is 7. The molecule has 160 valence electrons. The highest BCUT2D eigenvalue weighted by Gasteiger charge is 2.34. The fraction of sp³-hybridized carbons (Fsp3) is 0.273. The summed E-state index contributed by atoms with van der Waals surface area (Å²) in [5.41, 5.74) is 0.868. The van der Waals surface area contributed by atoms with Crippen LogP contribution in [0, 0.1) is 0 Å². The Labute approximate surface area is 188 Å². The van der Waals surface area contributed by atoms with Gasteiger partial charge < -0.3 is 9.64 Å². The van der Waals surface area contributed by atoms with Gasteiger partial charge in [0.05, 0.1) is 12.9 Å². The van der Waals surface area contributed by atoms with Crippen molar-refractivity contribution in [2.45, 2.75) is 23.8 Å². The number of hydrogen-bond donors (Lipinski definition) is 1. The molecule has 1 aliphatic heterocycles. The SMILES string of the molecule is COc1cccc(-c2nnc(NC(=O)C3CCCN3C(=O)CSc3ccccc3)s2)c1. The van der Waals surface area contributed by atoms with E-state index in [2.05, 4.69) is 15.5 Å². The molecule has 7 nitrogen and oxygen atoms in total. The van der Waals surface area contributed by atoms with Gasteiger partial charge >= 0.3 is 0 Å². The van der Waals surface area contributed by atoms with Crippen LogP contribution in [0.1, 0.15) is 12.8 Å². The summed E-state index contributed by atoms with van der Waals surface area (Å²) < 4.78 is 5.25. The molecule has 1 atom stereocenters. The van der Waals surface area contributed by atoms with Gasteiger partial charge in [0.25, 0.3) is 0 Å². The van der Waals surface area contributed by atoms with Gasteiger partial charge in [-0.1, -0.05) is 41.7 Å². The number of carbonyl (C=O) groups is 2. The average molecular weight is 455 g/mol. The number of carbonyl (C=O) groups excluding carboxylic acids is 2. The Hall–Kier alpha value is -2.91. The van der Waals surface area contributed by atoms with E-state index >= 15 is 0 Å². The number of thioether (sulfide) groups is 1. The molecule has 1 fully saturated rings. The number of nitrogens with one attached hydrogen (secondary N) is 1. The molecule has 31 heavy (non-hydrogen) atoms. The van der Waals surface area contributed by atoms with Crippen LogP contribution < -0.4 is 10.1 Å². The van der Waals surface area contributed by atoms with Gasteiger partial charge in [0.1, 0.15) is 16.8 Å². The fourth-order valence-electron chi connectivity index (χ4n) is 3.42. The summed E-state index contributed by atoms with van der Waals surface area (Å²) in [7, 11) is 1.61. The van der Waals surface area contributed by atoms with Crippen LogP contribution in [-0.2, 0) is 9.59 Å². The van der Waals surface area contributed by atoms with E-state index in [1.807, 2.05) is 54.6 Å². The van der Waals surface area contributed by atoms with Crippen molar-refractivity contribution in [1.82, 2.24) is 15.1 Å². The summed E-state index contributed by atoms with van der Waals surface area (Å²) in [6, 6.07) is 16.8. The van der Waals surface area contributed by atoms with E-state index in [-0.39, 0.29) is 11.8 Å². The molecular formula is C22H22N4O3S2. The molecule has 2 heterocycles. The van der Waals surface area contributed by atoms with E-state index in [1.165, 1.54) is 23.1 Å². The van der Waals surface area contributed by atoms with Gasteiger partial charge in [-0.05, 0) is 37.1 Å². The fourth-order valence-corrected chi connectivity index (χ4v) is 4.97. The van der Waals surface area contributed by atoms with Crippen molar-refractivity contribution in [2.24, 2.45) is 0 Å². The number of rotatable bonds is 7. The predicted octanol–water partition coefficient (Wildman–Crippen LogP) is 3.94. The van der Waals surface area contributed by atoms with Gasteiger partial charge in [-0.2, -0.15) is 0 Å². The largest absolute Gasteiger partial charge is 0.497 e. The predicted molar refractivity (Wildman–Crippen MR) is 122 cm³/mol. The van der Waals surface area contributed by atoms with Crippen molar-refractivity contribution in [1.29, 1.82) is 0 Å². The molecular weight excluding hydrogens is 432 g/mol. The molecule has 1 saturated heterocycles. The first-order chi connectivity index (χ1) is 15.1. The molecule has 2 amide bonds. The van der Waals surface area contributed by atoms with Crippen LogP contribution in [0.4, 0.5) is 5.13 Å².